The Morgan fingerprint density at radius 1 is 1.27 bits per heavy atom. The number of H-pyrrole nitrogens is 1. The molecule has 7 nitrogen and oxygen atoms in total. The van der Waals surface area contributed by atoms with Crippen molar-refractivity contribution in [3.63, 3.8) is 0 Å². The van der Waals surface area contributed by atoms with Gasteiger partial charge in [0, 0.05) is 36.7 Å². The van der Waals surface area contributed by atoms with Gasteiger partial charge in [0.2, 0.25) is 5.91 Å². The van der Waals surface area contributed by atoms with E-state index in [2.05, 4.69) is 10.3 Å². The fraction of sp³-hybridized carbons (Fsp3) is 0.565. The number of amides is 2. The molecule has 1 aromatic carbocycles. The van der Waals surface area contributed by atoms with Crippen LogP contribution in [-0.2, 0) is 16.0 Å². The Kier molecular flexibility index (Phi) is 6.27. The number of aromatic amines is 1. The number of nitrogens with one attached hydrogen (secondary N) is 2. The largest absolute Gasteiger partial charge is 0.465 e. The molecule has 4 rings (SSSR count). The average molecular weight is 414 g/mol. The Morgan fingerprint density at radius 2 is 2.10 bits per heavy atom. The maximum Gasteiger partial charge on any atom is 0.408 e. The first kappa shape index (κ1) is 20.7. The number of ether oxygens (including phenoxy) is 1. The molecule has 2 aliphatic carbocycles. The van der Waals surface area contributed by atoms with Crippen molar-refractivity contribution in [2.75, 3.05) is 13.8 Å². The van der Waals surface area contributed by atoms with Crippen molar-refractivity contribution in [3.8, 4) is 0 Å². The summed E-state index contributed by atoms with van der Waals surface area (Å²) in [6.45, 7) is 0.0623. The van der Waals surface area contributed by atoms with E-state index in [-0.39, 0.29) is 18.7 Å². The zero-order valence-electron chi connectivity index (χ0n) is 17.5. The van der Waals surface area contributed by atoms with Crippen LogP contribution in [0.3, 0.4) is 0 Å². The summed E-state index contributed by atoms with van der Waals surface area (Å²) in [5.41, 5.74) is 1.94. The predicted octanol–water partition coefficient (Wildman–Crippen LogP) is 3.75. The third-order valence-corrected chi connectivity index (χ3v) is 6.93. The molecule has 2 saturated carbocycles. The molecule has 0 aliphatic heterocycles. The van der Waals surface area contributed by atoms with Crippen molar-refractivity contribution in [1.82, 2.24) is 15.2 Å². The number of aromatic nitrogens is 1. The second-order valence-corrected chi connectivity index (χ2v) is 8.68. The van der Waals surface area contributed by atoms with E-state index in [1.54, 1.807) is 0 Å². The Morgan fingerprint density at radius 3 is 2.90 bits per heavy atom. The van der Waals surface area contributed by atoms with Crippen molar-refractivity contribution >= 4 is 22.9 Å². The molecule has 2 fully saturated rings. The van der Waals surface area contributed by atoms with E-state index in [4.69, 9.17) is 4.74 Å². The predicted molar refractivity (Wildman–Crippen MR) is 114 cm³/mol. The van der Waals surface area contributed by atoms with Crippen molar-refractivity contribution in [2.45, 2.75) is 57.0 Å². The molecule has 2 bridgehead atoms. The number of carbonyl (C=O) groups excluding carboxylic acids is 1. The van der Waals surface area contributed by atoms with Gasteiger partial charge in [0.15, 0.2) is 0 Å². The highest BCUT2D eigenvalue weighted by atomic mass is 16.5. The number of para-hydroxylation sites is 1. The summed E-state index contributed by atoms with van der Waals surface area (Å²) in [4.78, 5) is 30.3. The van der Waals surface area contributed by atoms with E-state index >= 15 is 0 Å². The molecular formula is C23H31N3O4. The van der Waals surface area contributed by atoms with E-state index in [1.807, 2.05) is 30.5 Å². The van der Waals surface area contributed by atoms with Gasteiger partial charge in [-0.25, -0.2) is 4.79 Å². The number of rotatable bonds is 7. The molecule has 0 saturated heterocycles. The second-order valence-electron chi connectivity index (χ2n) is 8.68. The van der Waals surface area contributed by atoms with Gasteiger partial charge in [-0.15, -0.1) is 0 Å². The molecule has 4 atom stereocenters. The van der Waals surface area contributed by atoms with Gasteiger partial charge in [-0.3, -0.25) is 9.69 Å². The maximum absolute atomic E-state index is 13.1. The number of carboxylic acid groups (broad SMARTS) is 1. The zero-order chi connectivity index (χ0) is 21.1. The van der Waals surface area contributed by atoms with Gasteiger partial charge in [0.25, 0.3) is 0 Å². The highest BCUT2D eigenvalue weighted by Gasteiger charge is 2.43. The molecule has 2 aliphatic rings. The summed E-state index contributed by atoms with van der Waals surface area (Å²) in [6.07, 6.45) is 7.62. The van der Waals surface area contributed by atoms with Gasteiger partial charge in [0.1, 0.15) is 12.8 Å². The van der Waals surface area contributed by atoms with Crippen LogP contribution in [0.25, 0.3) is 10.9 Å². The SMILES string of the molecule is COCNC(=O)C(Cc1c[nH]c2ccccc12)N(C(=O)O)C1CCC2CCCC1C2. The van der Waals surface area contributed by atoms with Gasteiger partial charge in [0.05, 0.1) is 0 Å². The number of nitrogens with zero attached hydrogens (tertiary/aromatic N) is 1. The Hall–Kier alpha value is -2.54. The van der Waals surface area contributed by atoms with Gasteiger partial charge in [-0.1, -0.05) is 31.0 Å². The van der Waals surface area contributed by atoms with Crippen LogP contribution in [-0.4, -0.2) is 52.9 Å². The Labute approximate surface area is 176 Å². The van der Waals surface area contributed by atoms with Crippen LogP contribution in [0.5, 0.6) is 0 Å². The lowest BCUT2D eigenvalue weighted by Gasteiger charge is -2.46. The van der Waals surface area contributed by atoms with Gasteiger partial charge in [-0.2, -0.15) is 0 Å². The van der Waals surface area contributed by atoms with Crippen molar-refractivity contribution in [2.24, 2.45) is 11.8 Å². The highest BCUT2D eigenvalue weighted by molar-refractivity contribution is 5.88. The normalized spacial score (nSPS) is 24.4. The zero-order valence-corrected chi connectivity index (χ0v) is 17.5. The third-order valence-electron chi connectivity index (χ3n) is 6.93. The molecule has 30 heavy (non-hydrogen) atoms. The highest BCUT2D eigenvalue weighted by Crippen LogP contribution is 2.42. The summed E-state index contributed by atoms with van der Waals surface area (Å²) in [7, 11) is 1.51. The molecule has 4 unspecified atom stereocenters. The monoisotopic (exact) mass is 413 g/mol. The molecule has 2 aromatic rings. The number of fused-ring (bicyclic) bond motifs is 3. The summed E-state index contributed by atoms with van der Waals surface area (Å²) >= 11 is 0. The molecular weight excluding hydrogens is 382 g/mol. The van der Waals surface area contributed by atoms with E-state index < -0.39 is 12.1 Å². The minimum absolute atomic E-state index is 0.0623. The first-order valence-corrected chi connectivity index (χ1v) is 10.9. The van der Waals surface area contributed by atoms with Crippen LogP contribution in [0.4, 0.5) is 4.79 Å². The van der Waals surface area contributed by atoms with Crippen molar-refractivity contribution in [3.05, 3.63) is 36.0 Å². The number of hydrogen-bond acceptors (Lipinski definition) is 3. The molecule has 3 N–H and O–H groups in total. The van der Waals surface area contributed by atoms with Crippen LogP contribution in [0.1, 0.15) is 44.1 Å². The molecule has 1 aromatic heterocycles. The number of hydrogen-bond donors (Lipinski definition) is 3. The molecule has 0 spiro atoms. The Bertz CT molecular complexity index is 895. The summed E-state index contributed by atoms with van der Waals surface area (Å²) in [5, 5.41) is 14.0. The first-order valence-electron chi connectivity index (χ1n) is 10.9. The summed E-state index contributed by atoms with van der Waals surface area (Å²) in [5.74, 6) is 0.752. The minimum atomic E-state index is -1.01. The van der Waals surface area contributed by atoms with Crippen molar-refractivity contribution in [1.29, 1.82) is 0 Å². The van der Waals surface area contributed by atoms with E-state index in [0.717, 1.165) is 48.6 Å². The maximum atomic E-state index is 13.1. The lowest BCUT2D eigenvalue weighted by Crippen LogP contribution is -2.58. The topological polar surface area (TPSA) is 94.7 Å². The summed E-state index contributed by atoms with van der Waals surface area (Å²) < 4.78 is 5.02. The standard InChI is InChI=1S/C23H31N3O4/c1-30-14-25-22(27)21(12-17-13-24-19-8-3-2-7-18(17)19)26(23(28)29)20-10-9-15-5-4-6-16(20)11-15/h2-3,7-8,13,15-16,20-21,24H,4-6,9-12,14H2,1H3,(H,25,27)(H,28,29). The van der Waals surface area contributed by atoms with E-state index in [0.29, 0.717) is 18.3 Å². The van der Waals surface area contributed by atoms with Crippen LogP contribution >= 0.6 is 0 Å². The van der Waals surface area contributed by atoms with Gasteiger partial charge in [-0.05, 0) is 49.1 Å². The minimum Gasteiger partial charge on any atom is -0.465 e. The number of methoxy groups -OCH3 is 1. The molecule has 162 valence electrons. The molecule has 1 heterocycles. The van der Waals surface area contributed by atoms with Crippen LogP contribution in [0, 0.1) is 11.8 Å². The van der Waals surface area contributed by atoms with Crippen LogP contribution in [0.15, 0.2) is 30.5 Å². The number of carbonyl (C=O) groups is 2. The molecule has 2 amide bonds. The third kappa shape index (κ3) is 4.17. The Balaban J connectivity index is 1.65. The number of benzene rings is 1. The fourth-order valence-corrected chi connectivity index (χ4v) is 5.55. The molecule has 0 radical (unpaired) electrons. The average Bonchev–Trinajstić information content (AvgIpc) is 3.16. The van der Waals surface area contributed by atoms with Gasteiger partial charge >= 0.3 is 6.09 Å². The lowest BCUT2D eigenvalue weighted by molar-refractivity contribution is -0.129. The smallest absolute Gasteiger partial charge is 0.408 e. The van der Waals surface area contributed by atoms with Gasteiger partial charge < -0.3 is 20.1 Å². The first-order chi connectivity index (χ1) is 14.6. The van der Waals surface area contributed by atoms with E-state index in [9.17, 15) is 14.7 Å². The van der Waals surface area contributed by atoms with Crippen molar-refractivity contribution < 1.29 is 19.4 Å². The van der Waals surface area contributed by atoms with Crippen LogP contribution < -0.4 is 5.32 Å². The van der Waals surface area contributed by atoms with E-state index in [1.165, 1.54) is 18.4 Å². The lowest BCUT2D eigenvalue weighted by atomic mass is 9.69. The second kappa shape index (κ2) is 9.08. The summed E-state index contributed by atoms with van der Waals surface area (Å²) in [6, 6.07) is 7.00. The fourth-order valence-electron chi connectivity index (χ4n) is 5.55. The van der Waals surface area contributed by atoms with Crippen LogP contribution in [0.2, 0.25) is 0 Å². The quantitative estimate of drug-likeness (QED) is 0.603. The molecule has 7 heteroatoms.